The molecule has 0 radical (unpaired) electrons. The van der Waals surface area contributed by atoms with Crippen LogP contribution >= 0.6 is 47.8 Å². The second kappa shape index (κ2) is 9.32. The molecule has 114 valence electrons. The van der Waals surface area contributed by atoms with Gasteiger partial charge >= 0.3 is 0 Å². The van der Waals surface area contributed by atoms with Gasteiger partial charge in [0.25, 0.3) is 5.91 Å². The Bertz CT molecular complexity index is 547. The lowest BCUT2D eigenvalue weighted by molar-refractivity contribution is 0.0954. The zero-order chi connectivity index (χ0) is 15.8. The van der Waals surface area contributed by atoms with Crippen LogP contribution in [0.25, 0.3) is 0 Å². The molecule has 1 N–H and O–H groups in total. The number of hydrogen-bond acceptors (Lipinski definition) is 4. The normalized spacial score (nSPS) is 17.3. The molecule has 0 fully saturated rings. The van der Waals surface area contributed by atoms with Crippen LogP contribution in [0.2, 0.25) is 0 Å². The molecule has 5 nitrogen and oxygen atoms in total. The van der Waals surface area contributed by atoms with E-state index < -0.39 is 0 Å². The van der Waals surface area contributed by atoms with Crippen molar-refractivity contribution in [3.63, 3.8) is 0 Å². The minimum atomic E-state index is -0.325. The van der Waals surface area contributed by atoms with E-state index in [4.69, 9.17) is 4.74 Å². The highest BCUT2D eigenvalue weighted by molar-refractivity contribution is 9.14. The first-order chi connectivity index (χ1) is 10.1. The minimum absolute atomic E-state index is 0.190. The van der Waals surface area contributed by atoms with Crippen LogP contribution in [0.4, 0.5) is 0 Å². The zero-order valence-corrected chi connectivity index (χ0v) is 16.2. The van der Waals surface area contributed by atoms with Crippen LogP contribution in [0.1, 0.15) is 30.6 Å². The highest BCUT2D eigenvalue weighted by Crippen LogP contribution is 2.32. The van der Waals surface area contributed by atoms with Crippen LogP contribution in [0, 0.1) is 0 Å². The number of rotatable bonds is 3. The van der Waals surface area contributed by atoms with Gasteiger partial charge in [0.15, 0.2) is 4.67 Å². The Morgan fingerprint density at radius 1 is 1.43 bits per heavy atom. The molecule has 2 heterocycles. The SMILES string of the molecule is CC.O=C(N/N=C\C1CC(Br)=C(Br)O1)c1cncc(Br)c1. The van der Waals surface area contributed by atoms with E-state index in [-0.39, 0.29) is 12.0 Å². The molecule has 2 rings (SSSR count). The van der Waals surface area contributed by atoms with Crippen molar-refractivity contribution in [2.75, 3.05) is 0 Å². The number of nitrogens with one attached hydrogen (secondary N) is 1. The van der Waals surface area contributed by atoms with Crippen LogP contribution in [-0.2, 0) is 4.74 Å². The van der Waals surface area contributed by atoms with Crippen molar-refractivity contribution in [1.29, 1.82) is 0 Å². The second-order valence-electron chi connectivity index (χ2n) is 3.65. The van der Waals surface area contributed by atoms with Crippen molar-refractivity contribution in [3.05, 3.63) is 37.6 Å². The standard InChI is InChI=1S/C11H8Br3N3O2.C2H6/c12-7-1-6(3-15-4-7)11(18)17-16-5-8-2-9(13)10(14)19-8;1-2/h1,3-5,8H,2H2,(H,17,18);1-2H3/b16-5-;. The Labute approximate surface area is 148 Å². The zero-order valence-electron chi connectivity index (χ0n) is 11.4. The first-order valence-electron chi connectivity index (χ1n) is 6.21. The molecule has 1 atom stereocenters. The van der Waals surface area contributed by atoms with Crippen LogP contribution in [0.5, 0.6) is 0 Å². The molecule has 1 aromatic rings. The fourth-order valence-electron chi connectivity index (χ4n) is 1.36. The highest BCUT2D eigenvalue weighted by Gasteiger charge is 2.20. The molecule has 21 heavy (non-hydrogen) atoms. The molecule has 0 spiro atoms. The second-order valence-corrected chi connectivity index (χ2v) is 6.24. The largest absolute Gasteiger partial charge is 0.477 e. The number of carbonyl (C=O) groups excluding carboxylic acids is 1. The quantitative estimate of drug-likeness (QED) is 0.514. The van der Waals surface area contributed by atoms with Gasteiger partial charge in [-0.25, -0.2) is 5.43 Å². The third kappa shape index (κ3) is 5.88. The highest BCUT2D eigenvalue weighted by atomic mass is 79.9. The van der Waals surface area contributed by atoms with Crippen LogP contribution in [0.3, 0.4) is 0 Å². The van der Waals surface area contributed by atoms with Crippen LogP contribution in [-0.4, -0.2) is 23.2 Å². The summed E-state index contributed by atoms with van der Waals surface area (Å²) in [4.78, 5) is 15.7. The summed E-state index contributed by atoms with van der Waals surface area (Å²) in [6.45, 7) is 4.00. The molecule has 1 aromatic heterocycles. The number of ether oxygens (including phenoxy) is 1. The maximum absolute atomic E-state index is 11.7. The number of aromatic nitrogens is 1. The molecule has 1 aliphatic heterocycles. The Morgan fingerprint density at radius 3 is 2.71 bits per heavy atom. The van der Waals surface area contributed by atoms with E-state index in [1.54, 1.807) is 18.5 Å². The summed E-state index contributed by atoms with van der Waals surface area (Å²) in [5, 5.41) is 3.87. The van der Waals surface area contributed by atoms with Crippen LogP contribution < -0.4 is 5.43 Å². The van der Waals surface area contributed by atoms with E-state index in [0.29, 0.717) is 16.7 Å². The minimum Gasteiger partial charge on any atom is -0.477 e. The molecular weight excluding hydrogens is 470 g/mol. The van der Waals surface area contributed by atoms with Crippen molar-refractivity contribution in [1.82, 2.24) is 10.4 Å². The smallest absolute Gasteiger partial charge is 0.272 e. The van der Waals surface area contributed by atoms with Crippen molar-refractivity contribution >= 4 is 59.9 Å². The van der Waals surface area contributed by atoms with Gasteiger partial charge in [0.05, 0.1) is 11.8 Å². The number of pyridine rings is 1. The van der Waals surface area contributed by atoms with E-state index >= 15 is 0 Å². The summed E-state index contributed by atoms with van der Waals surface area (Å²) >= 11 is 9.86. The number of nitrogens with zero attached hydrogens (tertiary/aromatic N) is 2. The van der Waals surface area contributed by atoms with Gasteiger partial charge in [-0.1, -0.05) is 29.8 Å². The van der Waals surface area contributed by atoms with Crippen molar-refractivity contribution in [2.24, 2.45) is 5.10 Å². The summed E-state index contributed by atoms with van der Waals surface area (Å²) in [6, 6.07) is 1.67. The summed E-state index contributed by atoms with van der Waals surface area (Å²) in [5.41, 5.74) is 2.85. The molecule has 8 heteroatoms. The fraction of sp³-hybridized carbons (Fsp3) is 0.308. The fourth-order valence-corrected chi connectivity index (χ4v) is 2.54. The van der Waals surface area contributed by atoms with Crippen molar-refractivity contribution < 1.29 is 9.53 Å². The molecule has 0 aromatic carbocycles. The number of carbonyl (C=O) groups is 1. The average Bonchev–Trinajstić information content (AvgIpc) is 2.79. The lowest BCUT2D eigenvalue weighted by atomic mass is 10.3. The van der Waals surface area contributed by atoms with Gasteiger partial charge in [-0.2, -0.15) is 5.10 Å². The molecular formula is C13H14Br3N3O2. The van der Waals surface area contributed by atoms with Gasteiger partial charge in [0.1, 0.15) is 6.10 Å². The lowest BCUT2D eigenvalue weighted by Crippen LogP contribution is -2.19. The number of hydrogen-bond donors (Lipinski definition) is 1. The van der Waals surface area contributed by atoms with Gasteiger partial charge in [0, 0.05) is 27.8 Å². The van der Waals surface area contributed by atoms with E-state index in [9.17, 15) is 4.79 Å². The Morgan fingerprint density at radius 2 is 2.14 bits per heavy atom. The summed E-state index contributed by atoms with van der Waals surface area (Å²) in [6.07, 6.45) is 5.10. The van der Waals surface area contributed by atoms with Gasteiger partial charge in [-0.05, 0) is 37.9 Å². The first-order valence-corrected chi connectivity index (χ1v) is 8.59. The molecule has 0 saturated carbocycles. The maximum atomic E-state index is 11.7. The van der Waals surface area contributed by atoms with Gasteiger partial charge in [-0.3, -0.25) is 9.78 Å². The van der Waals surface area contributed by atoms with E-state index in [2.05, 4.69) is 63.3 Å². The monoisotopic (exact) mass is 481 g/mol. The van der Waals surface area contributed by atoms with Crippen molar-refractivity contribution in [2.45, 2.75) is 26.4 Å². The summed E-state index contributed by atoms with van der Waals surface area (Å²) in [5.74, 6) is -0.325. The first kappa shape index (κ1) is 18.3. The summed E-state index contributed by atoms with van der Waals surface area (Å²) in [7, 11) is 0. The molecule has 0 bridgehead atoms. The molecule has 1 amide bonds. The topological polar surface area (TPSA) is 63.6 Å². The van der Waals surface area contributed by atoms with E-state index in [0.717, 1.165) is 8.96 Å². The predicted octanol–water partition coefficient (Wildman–Crippen LogP) is 4.33. The Balaban J connectivity index is 0.00000106. The van der Waals surface area contributed by atoms with Crippen molar-refractivity contribution in [3.8, 4) is 0 Å². The van der Waals surface area contributed by atoms with E-state index in [1.165, 1.54) is 6.20 Å². The molecule has 1 unspecified atom stereocenters. The van der Waals surface area contributed by atoms with Gasteiger partial charge in [-0.15, -0.1) is 0 Å². The Hall–Kier alpha value is -0.730. The summed E-state index contributed by atoms with van der Waals surface area (Å²) < 4.78 is 7.74. The lowest BCUT2D eigenvalue weighted by Gasteiger charge is -2.04. The molecule has 0 saturated heterocycles. The number of amides is 1. The predicted molar refractivity (Wildman–Crippen MR) is 93.6 cm³/mol. The third-order valence-corrected chi connectivity index (χ3v) is 4.54. The number of halogens is 3. The molecule has 1 aliphatic rings. The average molecular weight is 484 g/mol. The van der Waals surface area contributed by atoms with E-state index in [1.807, 2.05) is 13.8 Å². The molecule has 0 aliphatic carbocycles. The van der Waals surface area contributed by atoms with Crippen LogP contribution in [0.15, 0.2) is 37.2 Å². The van der Waals surface area contributed by atoms with Gasteiger partial charge in [0.2, 0.25) is 0 Å². The third-order valence-electron chi connectivity index (χ3n) is 2.22. The van der Waals surface area contributed by atoms with Gasteiger partial charge < -0.3 is 4.74 Å². The maximum Gasteiger partial charge on any atom is 0.272 e. The Kier molecular flexibility index (Phi) is 8.13. The number of hydrazone groups is 1.